The number of aromatic nitrogens is 2. The van der Waals surface area contributed by atoms with Gasteiger partial charge in [-0.1, -0.05) is 0 Å². The van der Waals surface area contributed by atoms with Crippen LogP contribution in [-0.2, 0) is 6.18 Å². The number of nitrogens with one attached hydrogen (secondary N) is 2. The molecule has 0 aliphatic heterocycles. The molecule has 0 saturated carbocycles. The van der Waals surface area contributed by atoms with Crippen LogP contribution in [0.15, 0.2) is 30.6 Å². The molecule has 0 atom stereocenters. The number of aryl methyl sites for hydroxylation is 1. The van der Waals surface area contributed by atoms with E-state index in [1.165, 1.54) is 31.4 Å². The van der Waals surface area contributed by atoms with E-state index in [1.807, 2.05) is 0 Å². The van der Waals surface area contributed by atoms with E-state index in [1.54, 1.807) is 6.92 Å². The van der Waals surface area contributed by atoms with Crippen molar-refractivity contribution in [2.45, 2.75) is 13.1 Å². The summed E-state index contributed by atoms with van der Waals surface area (Å²) < 4.78 is 39.1. The molecule has 0 unspecified atom stereocenters. The average molecular weight is 310 g/mol. The van der Waals surface area contributed by atoms with Crippen LogP contribution in [-0.4, -0.2) is 22.9 Å². The third-order valence-electron chi connectivity index (χ3n) is 2.87. The maximum atomic E-state index is 13.0. The van der Waals surface area contributed by atoms with E-state index in [9.17, 15) is 18.0 Å². The van der Waals surface area contributed by atoms with Gasteiger partial charge < -0.3 is 10.6 Å². The first kappa shape index (κ1) is 15.7. The van der Waals surface area contributed by atoms with Crippen molar-refractivity contribution in [2.75, 3.05) is 12.4 Å². The van der Waals surface area contributed by atoms with Crippen LogP contribution >= 0.6 is 0 Å². The van der Waals surface area contributed by atoms with Crippen LogP contribution in [0.2, 0.25) is 0 Å². The monoisotopic (exact) mass is 310 g/mol. The van der Waals surface area contributed by atoms with Gasteiger partial charge in [-0.05, 0) is 25.1 Å². The third-order valence-corrected chi connectivity index (χ3v) is 2.87. The van der Waals surface area contributed by atoms with Gasteiger partial charge >= 0.3 is 6.18 Å². The molecule has 0 bridgehead atoms. The highest BCUT2D eigenvalue weighted by Crippen LogP contribution is 2.36. The maximum absolute atomic E-state index is 13.0. The number of pyridine rings is 2. The van der Waals surface area contributed by atoms with Gasteiger partial charge in [-0.2, -0.15) is 13.2 Å². The molecule has 0 aliphatic carbocycles. The fourth-order valence-corrected chi connectivity index (χ4v) is 1.84. The second-order valence-electron chi connectivity index (χ2n) is 4.47. The zero-order valence-electron chi connectivity index (χ0n) is 11.8. The predicted octanol–water partition coefficient (Wildman–Crippen LogP) is 2.91. The number of halogens is 3. The van der Waals surface area contributed by atoms with E-state index >= 15 is 0 Å². The lowest BCUT2D eigenvalue weighted by atomic mass is 10.2. The Balaban J connectivity index is 2.48. The standard InChI is InChI=1S/C14H13F3N4O/c1-8-6-11(9(7-20-8)14(15,16)17)21-10-4-3-5-19-12(10)13(22)18-2/h3-7H,1-2H3,(H,18,22)(H,20,21). The van der Waals surface area contributed by atoms with Crippen molar-refractivity contribution in [3.05, 3.63) is 47.5 Å². The first-order valence-electron chi connectivity index (χ1n) is 6.31. The molecule has 0 aliphatic rings. The minimum atomic E-state index is -4.56. The Labute approximate surface area is 124 Å². The Morgan fingerprint density at radius 2 is 1.95 bits per heavy atom. The van der Waals surface area contributed by atoms with Gasteiger partial charge in [0.2, 0.25) is 0 Å². The molecule has 116 valence electrons. The van der Waals surface area contributed by atoms with Crippen molar-refractivity contribution in [3.63, 3.8) is 0 Å². The summed E-state index contributed by atoms with van der Waals surface area (Å²) in [6, 6.07) is 4.27. The minimum absolute atomic E-state index is 0.00703. The van der Waals surface area contributed by atoms with E-state index < -0.39 is 17.6 Å². The van der Waals surface area contributed by atoms with Gasteiger partial charge in [-0.3, -0.25) is 9.78 Å². The van der Waals surface area contributed by atoms with Gasteiger partial charge in [0.1, 0.15) is 0 Å². The predicted molar refractivity (Wildman–Crippen MR) is 74.9 cm³/mol. The van der Waals surface area contributed by atoms with E-state index in [0.29, 0.717) is 5.69 Å². The number of rotatable bonds is 3. The average Bonchev–Trinajstić information content (AvgIpc) is 2.46. The normalized spacial score (nSPS) is 11.1. The van der Waals surface area contributed by atoms with Crippen LogP contribution in [0.1, 0.15) is 21.7 Å². The molecule has 0 radical (unpaired) electrons. The second-order valence-corrected chi connectivity index (χ2v) is 4.47. The molecule has 0 fully saturated rings. The van der Waals surface area contributed by atoms with Gasteiger partial charge in [-0.15, -0.1) is 0 Å². The van der Waals surface area contributed by atoms with Crippen LogP contribution in [0.4, 0.5) is 24.5 Å². The molecular weight excluding hydrogens is 297 g/mol. The number of carbonyl (C=O) groups is 1. The van der Waals surface area contributed by atoms with E-state index in [-0.39, 0.29) is 17.1 Å². The SMILES string of the molecule is CNC(=O)c1ncccc1Nc1cc(C)ncc1C(F)(F)F. The summed E-state index contributed by atoms with van der Waals surface area (Å²) in [6.45, 7) is 1.58. The molecule has 2 heterocycles. The molecule has 5 nitrogen and oxygen atoms in total. The smallest absolute Gasteiger partial charge is 0.354 e. The zero-order chi connectivity index (χ0) is 16.3. The fourth-order valence-electron chi connectivity index (χ4n) is 1.84. The lowest BCUT2D eigenvalue weighted by molar-refractivity contribution is -0.137. The highest BCUT2D eigenvalue weighted by Gasteiger charge is 2.34. The molecule has 0 aromatic carbocycles. The third kappa shape index (κ3) is 3.33. The lowest BCUT2D eigenvalue weighted by Crippen LogP contribution is -2.21. The number of nitrogens with zero attached hydrogens (tertiary/aromatic N) is 2. The molecule has 2 N–H and O–H groups in total. The fraction of sp³-hybridized carbons (Fsp3) is 0.214. The Morgan fingerprint density at radius 1 is 1.23 bits per heavy atom. The summed E-state index contributed by atoms with van der Waals surface area (Å²) in [4.78, 5) is 19.3. The first-order valence-corrected chi connectivity index (χ1v) is 6.31. The van der Waals surface area contributed by atoms with Gasteiger partial charge in [0.25, 0.3) is 5.91 Å². The van der Waals surface area contributed by atoms with E-state index in [0.717, 1.165) is 6.20 Å². The Kier molecular flexibility index (Phi) is 4.30. The van der Waals surface area contributed by atoms with Crippen molar-refractivity contribution in [2.24, 2.45) is 0 Å². The first-order chi connectivity index (χ1) is 10.3. The molecule has 0 saturated heterocycles. The van der Waals surface area contributed by atoms with Crippen molar-refractivity contribution in [3.8, 4) is 0 Å². The summed E-state index contributed by atoms with van der Waals surface area (Å²) in [7, 11) is 1.42. The Morgan fingerprint density at radius 3 is 2.59 bits per heavy atom. The topological polar surface area (TPSA) is 66.9 Å². The van der Waals surface area contributed by atoms with Crippen molar-refractivity contribution in [1.29, 1.82) is 0 Å². The van der Waals surface area contributed by atoms with Crippen LogP contribution < -0.4 is 10.6 Å². The summed E-state index contributed by atoms with van der Waals surface area (Å²) >= 11 is 0. The van der Waals surface area contributed by atoms with Crippen LogP contribution in [0.3, 0.4) is 0 Å². The lowest BCUT2D eigenvalue weighted by Gasteiger charge is -2.16. The summed E-state index contributed by atoms with van der Waals surface area (Å²) in [5.74, 6) is -0.498. The molecule has 1 amide bonds. The summed E-state index contributed by atoms with van der Waals surface area (Å²) in [5, 5.41) is 5.01. The number of hydrogen-bond acceptors (Lipinski definition) is 4. The largest absolute Gasteiger partial charge is 0.419 e. The van der Waals surface area contributed by atoms with Crippen molar-refractivity contribution in [1.82, 2.24) is 15.3 Å². The molecule has 2 rings (SSSR count). The van der Waals surface area contributed by atoms with Crippen molar-refractivity contribution >= 4 is 17.3 Å². The highest BCUT2D eigenvalue weighted by molar-refractivity contribution is 5.98. The maximum Gasteiger partial charge on any atom is 0.419 e. The van der Waals surface area contributed by atoms with Gasteiger partial charge in [0.15, 0.2) is 5.69 Å². The molecule has 22 heavy (non-hydrogen) atoms. The molecule has 8 heteroatoms. The summed E-state index contributed by atoms with van der Waals surface area (Å²) in [5.41, 5.74) is -0.491. The number of alkyl halides is 3. The highest BCUT2D eigenvalue weighted by atomic mass is 19.4. The van der Waals surface area contributed by atoms with Gasteiger partial charge in [-0.25, -0.2) is 4.98 Å². The summed E-state index contributed by atoms with van der Waals surface area (Å²) in [6.07, 6.45) is -2.41. The minimum Gasteiger partial charge on any atom is -0.354 e. The van der Waals surface area contributed by atoms with Gasteiger partial charge in [0, 0.05) is 25.1 Å². The van der Waals surface area contributed by atoms with Gasteiger partial charge in [0.05, 0.1) is 16.9 Å². The Hall–Kier alpha value is -2.64. The quantitative estimate of drug-likeness (QED) is 0.915. The molecule has 2 aromatic heterocycles. The van der Waals surface area contributed by atoms with E-state index in [4.69, 9.17) is 0 Å². The second kappa shape index (κ2) is 6.00. The van der Waals surface area contributed by atoms with Crippen molar-refractivity contribution < 1.29 is 18.0 Å². The van der Waals surface area contributed by atoms with Crippen LogP contribution in [0, 0.1) is 6.92 Å². The molecular formula is C14H13F3N4O. The molecule has 2 aromatic rings. The van der Waals surface area contributed by atoms with Crippen LogP contribution in [0.25, 0.3) is 0 Å². The number of amides is 1. The van der Waals surface area contributed by atoms with Crippen LogP contribution in [0.5, 0.6) is 0 Å². The zero-order valence-corrected chi connectivity index (χ0v) is 11.8. The van der Waals surface area contributed by atoms with E-state index in [2.05, 4.69) is 20.6 Å². The molecule has 0 spiro atoms. The Bertz CT molecular complexity index is 701. The number of hydrogen-bond donors (Lipinski definition) is 2. The number of carbonyl (C=O) groups excluding carboxylic acids is 1. The number of anilines is 2.